The summed E-state index contributed by atoms with van der Waals surface area (Å²) in [5, 5.41) is 11.1. The van der Waals surface area contributed by atoms with Gasteiger partial charge < -0.3 is 9.84 Å². The molecule has 0 saturated heterocycles. The fraction of sp³-hybridized carbons (Fsp3) is 0.227. The van der Waals surface area contributed by atoms with E-state index in [4.69, 9.17) is 4.74 Å². The van der Waals surface area contributed by atoms with E-state index in [0.29, 0.717) is 12.0 Å². The summed E-state index contributed by atoms with van der Waals surface area (Å²) in [7, 11) is -2.18. The van der Waals surface area contributed by atoms with Crippen molar-refractivity contribution >= 4 is 10.0 Å². The second kappa shape index (κ2) is 7.94. The number of benzene rings is 2. The van der Waals surface area contributed by atoms with Crippen molar-refractivity contribution in [3.63, 3.8) is 0 Å². The number of aliphatic hydroxyl groups is 1. The van der Waals surface area contributed by atoms with Crippen LogP contribution in [0, 0.1) is 0 Å². The van der Waals surface area contributed by atoms with Crippen LogP contribution < -0.4 is 4.74 Å². The molecule has 0 aliphatic carbocycles. The maximum Gasteiger partial charge on any atom is 0.244 e. The maximum absolute atomic E-state index is 13.4. The molecule has 1 N–H and O–H groups in total. The van der Waals surface area contributed by atoms with Gasteiger partial charge in [-0.15, -0.1) is 0 Å². The molecule has 2 heterocycles. The number of sulfonamides is 1. The first-order valence-electron chi connectivity index (χ1n) is 9.31. The molecular weight excluding hydrogens is 388 g/mol. The molecule has 4 rings (SSSR count). The van der Waals surface area contributed by atoms with E-state index < -0.39 is 22.2 Å². The van der Waals surface area contributed by atoms with E-state index >= 15 is 0 Å². The summed E-state index contributed by atoms with van der Waals surface area (Å²) in [6, 6.07) is 17.1. The van der Waals surface area contributed by atoms with Gasteiger partial charge in [0, 0.05) is 24.5 Å². The summed E-state index contributed by atoms with van der Waals surface area (Å²) in [5.74, 6) is 0.725. The molecule has 1 aromatic heterocycles. The van der Waals surface area contributed by atoms with Crippen LogP contribution in [0.15, 0.2) is 78.0 Å². The first kappa shape index (κ1) is 19.6. The molecule has 0 radical (unpaired) electrons. The van der Waals surface area contributed by atoms with Crippen LogP contribution in [0.1, 0.15) is 22.8 Å². The molecular formula is C22H22N2O4S. The Kier molecular flexibility index (Phi) is 5.36. The SMILES string of the molecule is COc1ccc(C[C@H]2[C@@H](O)c3ccccc3S(=O)(=O)N2Cc2cccnc2)cc1. The molecule has 2 atom stereocenters. The van der Waals surface area contributed by atoms with E-state index in [0.717, 1.165) is 16.9 Å². The Morgan fingerprint density at radius 3 is 2.48 bits per heavy atom. The zero-order chi connectivity index (χ0) is 20.4. The lowest BCUT2D eigenvalue weighted by molar-refractivity contribution is 0.0769. The lowest BCUT2D eigenvalue weighted by Crippen LogP contribution is -2.48. The number of fused-ring (bicyclic) bond motifs is 1. The third-order valence-corrected chi connectivity index (χ3v) is 7.17. The Labute approximate surface area is 170 Å². The Balaban J connectivity index is 1.76. The van der Waals surface area contributed by atoms with Gasteiger partial charge in [-0.2, -0.15) is 4.31 Å². The second-order valence-electron chi connectivity index (χ2n) is 7.01. The monoisotopic (exact) mass is 410 g/mol. The van der Waals surface area contributed by atoms with Gasteiger partial charge in [-0.1, -0.05) is 36.4 Å². The predicted octanol–water partition coefficient (Wildman–Crippen LogP) is 2.94. The lowest BCUT2D eigenvalue weighted by atomic mass is 9.95. The molecule has 3 aromatic rings. The Morgan fingerprint density at radius 1 is 1.03 bits per heavy atom. The molecule has 1 aliphatic rings. The lowest BCUT2D eigenvalue weighted by Gasteiger charge is -2.39. The van der Waals surface area contributed by atoms with Crippen molar-refractivity contribution in [1.82, 2.24) is 9.29 Å². The summed E-state index contributed by atoms with van der Waals surface area (Å²) in [5.41, 5.74) is 2.12. The van der Waals surface area contributed by atoms with Gasteiger partial charge in [0.1, 0.15) is 5.75 Å². The second-order valence-corrected chi connectivity index (χ2v) is 8.87. The van der Waals surface area contributed by atoms with Gasteiger partial charge in [-0.05, 0) is 41.8 Å². The molecule has 0 fully saturated rings. The zero-order valence-electron chi connectivity index (χ0n) is 16.0. The standard InChI is InChI=1S/C22H22N2O4S/c1-28-18-10-8-16(9-11-18)13-20-22(25)19-6-2-3-7-21(19)29(26,27)24(20)15-17-5-4-12-23-14-17/h2-12,14,20,22,25H,13,15H2,1H3/t20-,22-/m0/s1. The number of pyridine rings is 1. The third-order valence-electron chi connectivity index (χ3n) is 5.22. The van der Waals surface area contributed by atoms with Crippen LogP contribution in [-0.4, -0.2) is 36.0 Å². The molecule has 1 aliphatic heterocycles. The molecule has 0 amide bonds. The Hall–Kier alpha value is -2.74. The van der Waals surface area contributed by atoms with Crippen LogP contribution in [0.25, 0.3) is 0 Å². The van der Waals surface area contributed by atoms with Crippen molar-refractivity contribution in [2.45, 2.75) is 30.0 Å². The summed E-state index contributed by atoms with van der Waals surface area (Å²) in [6.07, 6.45) is 2.73. The van der Waals surface area contributed by atoms with E-state index in [-0.39, 0.29) is 11.4 Å². The number of ether oxygens (including phenoxy) is 1. The fourth-order valence-electron chi connectivity index (χ4n) is 3.72. The van der Waals surface area contributed by atoms with Gasteiger partial charge in [0.05, 0.1) is 24.2 Å². The van der Waals surface area contributed by atoms with E-state index in [9.17, 15) is 13.5 Å². The molecule has 2 aromatic carbocycles. The number of rotatable bonds is 5. The number of nitrogens with zero attached hydrogens (tertiary/aromatic N) is 2. The fourth-order valence-corrected chi connectivity index (χ4v) is 5.57. The van der Waals surface area contributed by atoms with Crippen molar-refractivity contribution in [2.75, 3.05) is 7.11 Å². The molecule has 6 nitrogen and oxygen atoms in total. The number of aromatic nitrogens is 1. The van der Waals surface area contributed by atoms with Crippen LogP contribution >= 0.6 is 0 Å². The highest BCUT2D eigenvalue weighted by Crippen LogP contribution is 2.39. The average Bonchev–Trinajstić information content (AvgIpc) is 2.76. The van der Waals surface area contributed by atoms with Crippen LogP contribution in [0.2, 0.25) is 0 Å². The van der Waals surface area contributed by atoms with Gasteiger partial charge in [-0.25, -0.2) is 8.42 Å². The number of aliphatic hydroxyl groups excluding tert-OH is 1. The van der Waals surface area contributed by atoms with Crippen LogP contribution in [0.5, 0.6) is 5.75 Å². The average molecular weight is 410 g/mol. The predicted molar refractivity (Wildman–Crippen MR) is 109 cm³/mol. The summed E-state index contributed by atoms with van der Waals surface area (Å²) in [6.45, 7) is 0.141. The number of methoxy groups -OCH3 is 1. The van der Waals surface area contributed by atoms with Crippen LogP contribution in [-0.2, 0) is 23.0 Å². The van der Waals surface area contributed by atoms with Gasteiger partial charge >= 0.3 is 0 Å². The summed E-state index contributed by atoms with van der Waals surface area (Å²) < 4.78 is 33.4. The normalized spacial score (nSPS) is 20.8. The Bertz CT molecular complexity index is 1090. The largest absolute Gasteiger partial charge is 0.497 e. The molecule has 150 valence electrons. The Morgan fingerprint density at radius 2 is 1.79 bits per heavy atom. The van der Waals surface area contributed by atoms with Gasteiger partial charge in [0.15, 0.2) is 0 Å². The summed E-state index contributed by atoms with van der Waals surface area (Å²) in [4.78, 5) is 4.25. The van der Waals surface area contributed by atoms with Crippen molar-refractivity contribution in [2.24, 2.45) is 0 Å². The quantitative estimate of drug-likeness (QED) is 0.700. The molecule has 0 saturated carbocycles. The van der Waals surface area contributed by atoms with Crippen molar-refractivity contribution in [3.05, 3.63) is 89.7 Å². The van der Waals surface area contributed by atoms with Crippen molar-refractivity contribution in [1.29, 1.82) is 0 Å². The van der Waals surface area contributed by atoms with E-state index in [2.05, 4.69) is 4.98 Å². The first-order chi connectivity index (χ1) is 14.0. The highest BCUT2D eigenvalue weighted by Gasteiger charge is 2.43. The molecule has 7 heteroatoms. The minimum atomic E-state index is -3.78. The van der Waals surface area contributed by atoms with E-state index in [1.54, 1.807) is 49.8 Å². The third kappa shape index (κ3) is 3.76. The van der Waals surface area contributed by atoms with E-state index in [1.807, 2.05) is 30.3 Å². The van der Waals surface area contributed by atoms with Crippen molar-refractivity contribution in [3.8, 4) is 5.75 Å². The topological polar surface area (TPSA) is 79.7 Å². The van der Waals surface area contributed by atoms with Gasteiger partial charge in [-0.3, -0.25) is 4.98 Å². The first-order valence-corrected chi connectivity index (χ1v) is 10.8. The minimum Gasteiger partial charge on any atom is -0.497 e. The van der Waals surface area contributed by atoms with Crippen molar-refractivity contribution < 1.29 is 18.3 Å². The number of hydrogen-bond donors (Lipinski definition) is 1. The smallest absolute Gasteiger partial charge is 0.244 e. The molecule has 29 heavy (non-hydrogen) atoms. The molecule has 0 bridgehead atoms. The van der Waals surface area contributed by atoms with E-state index in [1.165, 1.54) is 4.31 Å². The summed E-state index contributed by atoms with van der Waals surface area (Å²) >= 11 is 0. The number of hydrogen-bond acceptors (Lipinski definition) is 5. The van der Waals surface area contributed by atoms with Crippen LogP contribution in [0.4, 0.5) is 0 Å². The van der Waals surface area contributed by atoms with Gasteiger partial charge in [0.2, 0.25) is 10.0 Å². The zero-order valence-corrected chi connectivity index (χ0v) is 16.8. The highest BCUT2D eigenvalue weighted by atomic mass is 32.2. The van der Waals surface area contributed by atoms with Crippen LogP contribution in [0.3, 0.4) is 0 Å². The molecule has 0 unspecified atom stereocenters. The minimum absolute atomic E-state index is 0.141. The van der Waals surface area contributed by atoms with Gasteiger partial charge in [0.25, 0.3) is 0 Å². The molecule has 0 spiro atoms. The maximum atomic E-state index is 13.4. The highest BCUT2D eigenvalue weighted by molar-refractivity contribution is 7.89.